The van der Waals surface area contributed by atoms with E-state index >= 15 is 0 Å². The number of nitrogens with zero attached hydrogens (tertiary/aromatic N) is 2. The number of aryl methyl sites for hydroxylation is 2. The van der Waals surface area contributed by atoms with E-state index in [2.05, 4.69) is 57.7 Å². The number of nitrogens with one attached hydrogen (secondary N) is 2. The number of rotatable bonds is 6. The highest BCUT2D eigenvalue weighted by Gasteiger charge is 2.30. The van der Waals surface area contributed by atoms with Crippen molar-refractivity contribution in [1.29, 1.82) is 0 Å². The Hall–Kier alpha value is -2.86. The summed E-state index contributed by atoms with van der Waals surface area (Å²) in [6.07, 6.45) is 7.51. The van der Waals surface area contributed by atoms with E-state index in [-0.39, 0.29) is 30.4 Å². The zero-order valence-corrected chi connectivity index (χ0v) is 20.9. The highest BCUT2D eigenvalue weighted by molar-refractivity contribution is 5.84. The van der Waals surface area contributed by atoms with Crippen LogP contribution in [0.15, 0.2) is 42.5 Å². The van der Waals surface area contributed by atoms with Crippen molar-refractivity contribution in [2.24, 2.45) is 0 Å². The molecule has 2 aromatic rings. The van der Waals surface area contributed by atoms with Gasteiger partial charge >= 0.3 is 0 Å². The molecular weight excluding hydrogens is 436 g/mol. The van der Waals surface area contributed by atoms with Gasteiger partial charge in [-0.25, -0.2) is 0 Å². The molecule has 2 amide bonds. The number of hydrogen-bond donors (Lipinski definition) is 2. The maximum atomic E-state index is 13.2. The van der Waals surface area contributed by atoms with Gasteiger partial charge in [-0.3, -0.25) is 14.5 Å². The highest BCUT2D eigenvalue weighted by Crippen LogP contribution is 2.31. The van der Waals surface area contributed by atoms with Gasteiger partial charge in [0.05, 0.1) is 18.6 Å². The van der Waals surface area contributed by atoms with Gasteiger partial charge in [0.15, 0.2) is 0 Å². The Morgan fingerprint density at radius 2 is 1.86 bits per heavy atom. The molecule has 2 saturated heterocycles. The molecule has 2 aromatic carbocycles. The quantitative estimate of drug-likeness (QED) is 0.667. The molecule has 186 valence electrons. The van der Waals surface area contributed by atoms with Gasteiger partial charge in [0.25, 0.3) is 0 Å². The first-order valence-corrected chi connectivity index (χ1v) is 13.3. The summed E-state index contributed by atoms with van der Waals surface area (Å²) >= 11 is 0. The first kappa shape index (κ1) is 23.9. The number of anilines is 1. The summed E-state index contributed by atoms with van der Waals surface area (Å²) in [5.74, 6) is 0.0577. The smallest absolute Gasteiger partial charge is 0.239 e. The molecule has 1 aliphatic carbocycles. The predicted octanol–water partition coefficient (Wildman–Crippen LogP) is 3.87. The van der Waals surface area contributed by atoms with E-state index in [9.17, 15) is 9.59 Å². The Kier molecular flexibility index (Phi) is 7.37. The van der Waals surface area contributed by atoms with Crippen LogP contribution in [-0.2, 0) is 22.6 Å². The standard InChI is InChI=1S/C29H38N4O2/c1-21-8-11-24(12-9-21)33-20-29(35)30-18-25(33)17-28(34)31-27-7-5-6-23-16-22(10-13-26(23)27)19-32-14-3-2-4-15-32/h8-13,16,25,27H,2-7,14-15,17-20H2,1H3,(H,30,35)(H,31,34). The summed E-state index contributed by atoms with van der Waals surface area (Å²) in [5, 5.41) is 6.27. The van der Waals surface area contributed by atoms with Crippen LogP contribution in [0.1, 0.15) is 66.8 Å². The lowest BCUT2D eigenvalue weighted by Crippen LogP contribution is -2.56. The molecule has 2 N–H and O–H groups in total. The molecule has 2 heterocycles. The molecule has 0 spiro atoms. The zero-order chi connectivity index (χ0) is 24.2. The van der Waals surface area contributed by atoms with E-state index in [4.69, 9.17) is 0 Å². The fraction of sp³-hybridized carbons (Fsp3) is 0.517. The van der Waals surface area contributed by atoms with Gasteiger partial charge < -0.3 is 15.5 Å². The molecule has 2 fully saturated rings. The van der Waals surface area contributed by atoms with Crippen LogP contribution in [0, 0.1) is 6.92 Å². The van der Waals surface area contributed by atoms with Gasteiger partial charge in [0.1, 0.15) is 0 Å². The molecule has 2 atom stereocenters. The average molecular weight is 475 g/mol. The molecule has 0 saturated carbocycles. The molecule has 0 aromatic heterocycles. The van der Waals surface area contributed by atoms with Crippen LogP contribution in [0.5, 0.6) is 0 Å². The zero-order valence-electron chi connectivity index (χ0n) is 20.9. The van der Waals surface area contributed by atoms with E-state index < -0.39 is 0 Å². The fourth-order valence-corrected chi connectivity index (χ4v) is 5.86. The molecule has 2 unspecified atom stereocenters. The SMILES string of the molecule is Cc1ccc(N2CC(=O)NCC2CC(=O)NC2CCCc3cc(CN4CCCCC4)ccc32)cc1. The number of piperazine rings is 1. The van der Waals surface area contributed by atoms with Crippen molar-refractivity contribution >= 4 is 17.5 Å². The van der Waals surface area contributed by atoms with Gasteiger partial charge in [0, 0.05) is 25.2 Å². The Morgan fingerprint density at radius 3 is 2.66 bits per heavy atom. The van der Waals surface area contributed by atoms with Gasteiger partial charge in [-0.15, -0.1) is 0 Å². The molecule has 6 nitrogen and oxygen atoms in total. The number of piperidine rings is 1. The molecule has 0 bridgehead atoms. The van der Waals surface area contributed by atoms with Crippen molar-refractivity contribution in [2.45, 2.75) is 70.5 Å². The Labute approximate surface area is 209 Å². The largest absolute Gasteiger partial charge is 0.357 e. The Morgan fingerprint density at radius 1 is 1.06 bits per heavy atom. The van der Waals surface area contributed by atoms with Gasteiger partial charge in [-0.1, -0.05) is 42.3 Å². The first-order chi connectivity index (χ1) is 17.0. The van der Waals surface area contributed by atoms with E-state index in [0.717, 1.165) is 31.5 Å². The molecule has 35 heavy (non-hydrogen) atoms. The van der Waals surface area contributed by atoms with E-state index in [0.29, 0.717) is 13.0 Å². The van der Waals surface area contributed by atoms with Crippen LogP contribution in [0.2, 0.25) is 0 Å². The van der Waals surface area contributed by atoms with Gasteiger partial charge in [0.2, 0.25) is 11.8 Å². The maximum Gasteiger partial charge on any atom is 0.239 e. The normalized spacial score (nSPS) is 22.9. The predicted molar refractivity (Wildman–Crippen MR) is 139 cm³/mol. The van der Waals surface area contributed by atoms with E-state index in [1.165, 1.54) is 54.6 Å². The number of benzene rings is 2. The van der Waals surface area contributed by atoms with Crippen LogP contribution in [0.4, 0.5) is 5.69 Å². The van der Waals surface area contributed by atoms with Crippen LogP contribution < -0.4 is 15.5 Å². The average Bonchev–Trinajstić information content (AvgIpc) is 2.86. The van der Waals surface area contributed by atoms with Crippen molar-refractivity contribution in [2.75, 3.05) is 31.1 Å². The first-order valence-electron chi connectivity index (χ1n) is 13.3. The third-order valence-electron chi connectivity index (χ3n) is 7.79. The number of carbonyl (C=O) groups is 2. The second kappa shape index (κ2) is 10.8. The van der Waals surface area contributed by atoms with Crippen LogP contribution in [0.25, 0.3) is 0 Å². The highest BCUT2D eigenvalue weighted by atomic mass is 16.2. The Balaban J connectivity index is 1.23. The lowest BCUT2D eigenvalue weighted by Gasteiger charge is -2.37. The van der Waals surface area contributed by atoms with Crippen molar-refractivity contribution in [3.8, 4) is 0 Å². The summed E-state index contributed by atoms with van der Waals surface area (Å²) in [7, 11) is 0. The van der Waals surface area contributed by atoms with Gasteiger partial charge in [-0.2, -0.15) is 0 Å². The molecule has 6 heteroatoms. The summed E-state index contributed by atoms with van der Waals surface area (Å²) in [4.78, 5) is 29.9. The second-order valence-electron chi connectivity index (χ2n) is 10.5. The fourth-order valence-electron chi connectivity index (χ4n) is 5.86. The Bertz CT molecular complexity index is 1050. The van der Waals surface area contributed by atoms with Crippen molar-refractivity contribution < 1.29 is 9.59 Å². The summed E-state index contributed by atoms with van der Waals surface area (Å²) in [6.45, 7) is 6.27. The summed E-state index contributed by atoms with van der Waals surface area (Å²) in [5.41, 5.74) is 6.23. The lowest BCUT2D eigenvalue weighted by atomic mass is 9.86. The third-order valence-corrected chi connectivity index (χ3v) is 7.79. The van der Waals surface area contributed by atoms with E-state index in [1.54, 1.807) is 0 Å². The minimum Gasteiger partial charge on any atom is -0.357 e. The van der Waals surface area contributed by atoms with Gasteiger partial charge in [-0.05, 0) is 80.9 Å². The maximum absolute atomic E-state index is 13.2. The van der Waals surface area contributed by atoms with Crippen LogP contribution in [0.3, 0.4) is 0 Å². The molecule has 0 radical (unpaired) electrons. The number of fused-ring (bicyclic) bond motifs is 1. The molecular formula is C29H38N4O2. The number of likely N-dealkylation sites (tertiary alicyclic amines) is 1. The topological polar surface area (TPSA) is 64.7 Å². The van der Waals surface area contributed by atoms with Crippen molar-refractivity contribution in [3.05, 3.63) is 64.7 Å². The number of hydrogen-bond acceptors (Lipinski definition) is 4. The third kappa shape index (κ3) is 5.87. The lowest BCUT2D eigenvalue weighted by molar-refractivity contribution is -0.124. The minimum atomic E-state index is -0.0506. The molecule has 2 aliphatic heterocycles. The summed E-state index contributed by atoms with van der Waals surface area (Å²) in [6, 6.07) is 15.1. The second-order valence-corrected chi connectivity index (χ2v) is 10.5. The summed E-state index contributed by atoms with van der Waals surface area (Å²) < 4.78 is 0. The molecule has 3 aliphatic rings. The van der Waals surface area contributed by atoms with Crippen LogP contribution >= 0.6 is 0 Å². The van der Waals surface area contributed by atoms with Crippen LogP contribution in [-0.4, -0.2) is 48.9 Å². The van der Waals surface area contributed by atoms with Crippen molar-refractivity contribution in [3.63, 3.8) is 0 Å². The minimum absolute atomic E-state index is 0.00352. The number of carbonyl (C=O) groups excluding carboxylic acids is 2. The monoisotopic (exact) mass is 474 g/mol. The van der Waals surface area contributed by atoms with E-state index in [1.807, 2.05) is 12.1 Å². The molecule has 5 rings (SSSR count). The van der Waals surface area contributed by atoms with Crippen molar-refractivity contribution in [1.82, 2.24) is 15.5 Å². The number of amides is 2.